The molecule has 1 fully saturated rings. The summed E-state index contributed by atoms with van der Waals surface area (Å²) in [5.41, 5.74) is 6.12. The van der Waals surface area contributed by atoms with Gasteiger partial charge < -0.3 is 15.4 Å². The van der Waals surface area contributed by atoms with Crippen LogP contribution in [-0.2, 0) is 4.74 Å². The van der Waals surface area contributed by atoms with Crippen LogP contribution in [0.3, 0.4) is 0 Å². The zero-order valence-corrected chi connectivity index (χ0v) is 10.2. The van der Waals surface area contributed by atoms with Gasteiger partial charge in [-0.05, 0) is 31.3 Å². The number of rotatable bonds is 4. The van der Waals surface area contributed by atoms with Gasteiger partial charge in [0, 0.05) is 13.1 Å². The Balaban J connectivity index is 2.27. The van der Waals surface area contributed by atoms with Crippen molar-refractivity contribution < 1.29 is 9.53 Å². The fourth-order valence-corrected chi connectivity index (χ4v) is 2.39. The quantitative estimate of drug-likeness (QED) is 0.809. The van der Waals surface area contributed by atoms with Crippen LogP contribution in [0.5, 0.6) is 0 Å². The predicted octanol–water partition coefficient (Wildman–Crippen LogP) is 1.50. The number of nitrogen functional groups attached to an aromatic ring is 1. The normalized spacial score (nSPS) is 14.9. The van der Waals surface area contributed by atoms with E-state index in [4.69, 9.17) is 10.5 Å². The van der Waals surface area contributed by atoms with Crippen molar-refractivity contribution in [3.63, 3.8) is 0 Å². The summed E-state index contributed by atoms with van der Waals surface area (Å²) in [5, 5.41) is 0.818. The van der Waals surface area contributed by atoms with E-state index in [0.717, 1.165) is 17.8 Å². The molecule has 0 saturated heterocycles. The molecule has 1 aromatic heterocycles. The molecule has 0 radical (unpaired) electrons. The number of carbonyl (C=O) groups is 1. The number of ether oxygens (including phenoxy) is 1. The molecule has 0 bridgehead atoms. The van der Waals surface area contributed by atoms with E-state index in [1.54, 1.807) is 6.92 Å². The molecule has 5 nitrogen and oxygen atoms in total. The van der Waals surface area contributed by atoms with Crippen molar-refractivity contribution in [1.82, 2.24) is 4.37 Å². The van der Waals surface area contributed by atoms with Crippen LogP contribution in [0.25, 0.3) is 0 Å². The maximum absolute atomic E-state index is 11.7. The van der Waals surface area contributed by atoms with Crippen LogP contribution in [0.15, 0.2) is 0 Å². The van der Waals surface area contributed by atoms with Gasteiger partial charge in [0.05, 0.1) is 6.61 Å². The number of aromatic nitrogens is 1. The second-order valence-electron chi connectivity index (χ2n) is 3.81. The average molecular weight is 241 g/mol. The molecule has 1 aromatic rings. The molecule has 88 valence electrons. The number of esters is 1. The third-order valence-corrected chi connectivity index (χ3v) is 3.55. The molecular weight excluding hydrogens is 226 g/mol. The molecule has 1 aliphatic rings. The Kier molecular flexibility index (Phi) is 3.00. The number of anilines is 2. The molecule has 0 spiro atoms. The second kappa shape index (κ2) is 4.29. The first kappa shape index (κ1) is 11.2. The monoisotopic (exact) mass is 241 g/mol. The van der Waals surface area contributed by atoms with E-state index >= 15 is 0 Å². The summed E-state index contributed by atoms with van der Waals surface area (Å²) in [6.45, 7) is 2.12. The Bertz CT molecular complexity index is 401. The van der Waals surface area contributed by atoms with Gasteiger partial charge >= 0.3 is 5.97 Å². The summed E-state index contributed by atoms with van der Waals surface area (Å²) in [6.07, 6.45) is 2.33. The minimum absolute atomic E-state index is 0.269. The Morgan fingerprint density at radius 2 is 2.38 bits per heavy atom. The number of nitrogens with two attached hydrogens (primary N) is 1. The summed E-state index contributed by atoms with van der Waals surface area (Å²) in [7, 11) is 1.97. The summed E-state index contributed by atoms with van der Waals surface area (Å²) in [5.74, 6) is -0.109. The number of carbonyl (C=O) groups excluding carboxylic acids is 1. The minimum Gasteiger partial charge on any atom is -0.462 e. The standard InChI is InChI=1S/C10H15N3O2S/c1-3-15-10(14)7-8(11)12-16-9(7)13(2)6-4-5-6/h6H,3-5H2,1-2H3,(H2,11,12). The molecular formula is C10H15N3O2S. The Morgan fingerprint density at radius 3 is 2.94 bits per heavy atom. The summed E-state index contributed by atoms with van der Waals surface area (Å²) in [4.78, 5) is 13.8. The zero-order chi connectivity index (χ0) is 11.7. The molecule has 2 rings (SSSR count). The van der Waals surface area contributed by atoms with Crippen molar-refractivity contribution in [3.05, 3.63) is 5.56 Å². The average Bonchev–Trinajstić information content (AvgIpc) is 3.01. The molecule has 0 aliphatic heterocycles. The van der Waals surface area contributed by atoms with Gasteiger partial charge in [0.2, 0.25) is 0 Å². The van der Waals surface area contributed by atoms with Crippen LogP contribution < -0.4 is 10.6 Å². The highest BCUT2D eigenvalue weighted by molar-refractivity contribution is 7.11. The lowest BCUT2D eigenvalue weighted by Gasteiger charge is -2.16. The minimum atomic E-state index is -0.378. The molecule has 0 atom stereocenters. The molecule has 2 N–H and O–H groups in total. The van der Waals surface area contributed by atoms with E-state index < -0.39 is 0 Å². The number of nitrogens with zero attached hydrogens (tertiary/aromatic N) is 2. The highest BCUT2D eigenvalue weighted by Gasteiger charge is 2.32. The lowest BCUT2D eigenvalue weighted by Crippen LogP contribution is -2.21. The molecule has 6 heteroatoms. The zero-order valence-electron chi connectivity index (χ0n) is 9.40. The van der Waals surface area contributed by atoms with Gasteiger partial charge in [0.1, 0.15) is 10.6 Å². The van der Waals surface area contributed by atoms with Crippen LogP contribution in [0.2, 0.25) is 0 Å². The molecule has 16 heavy (non-hydrogen) atoms. The molecule has 0 unspecified atom stereocenters. The van der Waals surface area contributed by atoms with Crippen molar-refractivity contribution >= 4 is 28.3 Å². The van der Waals surface area contributed by atoms with E-state index in [0.29, 0.717) is 18.2 Å². The van der Waals surface area contributed by atoms with E-state index in [1.807, 2.05) is 7.05 Å². The Labute approximate surface area is 98.4 Å². The smallest absolute Gasteiger partial charge is 0.345 e. The van der Waals surface area contributed by atoms with Gasteiger partial charge in [-0.1, -0.05) is 0 Å². The predicted molar refractivity (Wildman–Crippen MR) is 63.9 cm³/mol. The Morgan fingerprint density at radius 1 is 1.69 bits per heavy atom. The third kappa shape index (κ3) is 1.97. The fourth-order valence-electron chi connectivity index (χ4n) is 1.56. The maximum atomic E-state index is 11.7. The molecule has 1 saturated carbocycles. The van der Waals surface area contributed by atoms with Gasteiger partial charge in [-0.2, -0.15) is 4.37 Å². The first-order valence-corrected chi connectivity index (χ1v) is 6.07. The fraction of sp³-hybridized carbons (Fsp3) is 0.600. The lowest BCUT2D eigenvalue weighted by molar-refractivity contribution is 0.0528. The van der Waals surface area contributed by atoms with Crippen LogP contribution in [0.4, 0.5) is 10.8 Å². The highest BCUT2D eigenvalue weighted by atomic mass is 32.1. The van der Waals surface area contributed by atoms with Gasteiger partial charge in [-0.25, -0.2) is 4.79 Å². The first-order valence-electron chi connectivity index (χ1n) is 5.30. The van der Waals surface area contributed by atoms with Crippen molar-refractivity contribution in [2.45, 2.75) is 25.8 Å². The van der Waals surface area contributed by atoms with E-state index in [-0.39, 0.29) is 11.8 Å². The van der Waals surface area contributed by atoms with Gasteiger partial charge in [-0.15, -0.1) is 0 Å². The number of hydrogen-bond acceptors (Lipinski definition) is 6. The third-order valence-electron chi connectivity index (χ3n) is 2.59. The highest BCUT2D eigenvalue weighted by Crippen LogP contribution is 2.37. The first-order chi connectivity index (χ1) is 7.65. The molecule has 0 amide bonds. The Hall–Kier alpha value is -1.30. The summed E-state index contributed by atoms with van der Waals surface area (Å²) < 4.78 is 9.01. The number of hydrogen-bond donors (Lipinski definition) is 1. The lowest BCUT2D eigenvalue weighted by atomic mass is 10.3. The summed E-state index contributed by atoms with van der Waals surface area (Å²) in [6, 6.07) is 0.521. The summed E-state index contributed by atoms with van der Waals surface area (Å²) >= 11 is 1.26. The van der Waals surface area contributed by atoms with Crippen molar-refractivity contribution in [2.75, 3.05) is 24.3 Å². The van der Waals surface area contributed by atoms with Crippen molar-refractivity contribution in [3.8, 4) is 0 Å². The molecule has 1 aliphatic carbocycles. The van der Waals surface area contributed by atoms with Gasteiger partial charge in [0.15, 0.2) is 5.82 Å². The van der Waals surface area contributed by atoms with E-state index in [1.165, 1.54) is 11.5 Å². The van der Waals surface area contributed by atoms with Gasteiger partial charge in [-0.3, -0.25) is 0 Å². The van der Waals surface area contributed by atoms with Gasteiger partial charge in [0.25, 0.3) is 0 Å². The topological polar surface area (TPSA) is 68.5 Å². The van der Waals surface area contributed by atoms with Crippen LogP contribution in [-0.4, -0.2) is 30.0 Å². The van der Waals surface area contributed by atoms with Crippen LogP contribution >= 0.6 is 11.5 Å². The molecule has 0 aromatic carbocycles. The van der Waals surface area contributed by atoms with Crippen LogP contribution in [0, 0.1) is 0 Å². The van der Waals surface area contributed by atoms with E-state index in [9.17, 15) is 4.79 Å². The molecule has 1 heterocycles. The van der Waals surface area contributed by atoms with Crippen molar-refractivity contribution in [2.24, 2.45) is 0 Å². The van der Waals surface area contributed by atoms with E-state index in [2.05, 4.69) is 9.27 Å². The maximum Gasteiger partial charge on any atom is 0.345 e. The van der Waals surface area contributed by atoms with Crippen LogP contribution in [0.1, 0.15) is 30.1 Å². The second-order valence-corrected chi connectivity index (χ2v) is 4.56. The van der Waals surface area contributed by atoms with Crippen molar-refractivity contribution in [1.29, 1.82) is 0 Å². The largest absolute Gasteiger partial charge is 0.462 e. The SMILES string of the molecule is CCOC(=O)c1c(N)nsc1N(C)C1CC1.